The minimum Gasteiger partial charge on any atom is -0.396 e. The molecule has 0 saturated heterocycles. The fraction of sp³-hybridized carbons (Fsp3) is 0.357. The van der Waals surface area contributed by atoms with Gasteiger partial charge in [0.25, 0.3) is 0 Å². The van der Waals surface area contributed by atoms with Gasteiger partial charge in [-0.1, -0.05) is 30.3 Å². The van der Waals surface area contributed by atoms with Crippen molar-refractivity contribution in [2.45, 2.75) is 25.7 Å². The van der Waals surface area contributed by atoms with Crippen LogP contribution in [0, 0.1) is 11.8 Å². The first kappa shape index (κ1) is 12.5. The van der Waals surface area contributed by atoms with Crippen LogP contribution in [-0.2, 0) is 0 Å². The van der Waals surface area contributed by atoms with E-state index in [1.807, 2.05) is 30.3 Å². The number of carbonyl (C=O) groups excluding carboxylic acids is 1. The lowest BCUT2D eigenvalue weighted by Gasteiger charge is -1.96. The van der Waals surface area contributed by atoms with Gasteiger partial charge in [0.2, 0.25) is 0 Å². The van der Waals surface area contributed by atoms with Gasteiger partial charge in [-0.05, 0) is 6.42 Å². The Hall–Kier alpha value is -1.59. The minimum absolute atomic E-state index is 0.136. The molecule has 84 valence electrons. The molecule has 2 heteroatoms. The van der Waals surface area contributed by atoms with Crippen LogP contribution in [0.25, 0.3) is 0 Å². The second-order valence-electron chi connectivity index (χ2n) is 3.47. The predicted molar refractivity (Wildman–Crippen MR) is 64.1 cm³/mol. The highest BCUT2D eigenvalue weighted by Gasteiger charge is 2.02. The zero-order valence-corrected chi connectivity index (χ0v) is 9.28. The maximum absolute atomic E-state index is 11.6. The quantitative estimate of drug-likeness (QED) is 0.466. The van der Waals surface area contributed by atoms with Gasteiger partial charge in [0.1, 0.15) is 0 Å². The van der Waals surface area contributed by atoms with E-state index in [4.69, 9.17) is 5.11 Å². The van der Waals surface area contributed by atoms with Crippen LogP contribution in [0.3, 0.4) is 0 Å². The zero-order chi connectivity index (χ0) is 11.6. The molecule has 0 aliphatic heterocycles. The van der Waals surface area contributed by atoms with Gasteiger partial charge in [-0.25, -0.2) is 0 Å². The van der Waals surface area contributed by atoms with Crippen LogP contribution in [0.4, 0.5) is 0 Å². The number of rotatable bonds is 5. The summed E-state index contributed by atoms with van der Waals surface area (Å²) < 4.78 is 0. The SMILES string of the molecule is O=C(CCC#CCCCO)c1ccccc1. The van der Waals surface area contributed by atoms with Gasteiger partial charge in [-0.15, -0.1) is 11.8 Å². The summed E-state index contributed by atoms with van der Waals surface area (Å²) in [4.78, 5) is 11.6. The van der Waals surface area contributed by atoms with E-state index in [-0.39, 0.29) is 12.4 Å². The van der Waals surface area contributed by atoms with Gasteiger partial charge in [0.15, 0.2) is 5.78 Å². The standard InChI is InChI=1S/C14H16O2/c15-12-8-3-1-2-7-11-14(16)13-9-5-4-6-10-13/h4-6,9-10,15H,3,7-8,11-12H2. The van der Waals surface area contributed by atoms with Crippen LogP contribution in [0.5, 0.6) is 0 Å². The zero-order valence-electron chi connectivity index (χ0n) is 9.28. The summed E-state index contributed by atoms with van der Waals surface area (Å²) >= 11 is 0. The molecule has 0 aromatic heterocycles. The lowest BCUT2D eigenvalue weighted by atomic mass is 10.1. The third-order valence-corrected chi connectivity index (χ3v) is 2.16. The topological polar surface area (TPSA) is 37.3 Å². The first-order valence-electron chi connectivity index (χ1n) is 5.49. The Morgan fingerprint density at radius 2 is 1.81 bits per heavy atom. The number of ketones is 1. The molecule has 0 unspecified atom stereocenters. The number of hydrogen-bond donors (Lipinski definition) is 1. The molecule has 0 bridgehead atoms. The predicted octanol–water partition coefficient (Wildman–Crippen LogP) is 2.43. The molecule has 0 aliphatic rings. The molecule has 1 aromatic carbocycles. The molecular formula is C14H16O2. The van der Waals surface area contributed by atoms with Crippen LogP contribution < -0.4 is 0 Å². The van der Waals surface area contributed by atoms with Crippen molar-refractivity contribution in [2.75, 3.05) is 6.61 Å². The Kier molecular flexibility index (Phi) is 5.98. The van der Waals surface area contributed by atoms with Gasteiger partial charge in [-0.2, -0.15) is 0 Å². The maximum Gasteiger partial charge on any atom is 0.163 e. The van der Waals surface area contributed by atoms with Crippen molar-refractivity contribution in [3.8, 4) is 11.8 Å². The maximum atomic E-state index is 11.6. The molecule has 0 saturated carbocycles. The van der Waals surface area contributed by atoms with Crippen LogP contribution in [0.15, 0.2) is 30.3 Å². The number of aliphatic hydroxyl groups excluding tert-OH is 1. The number of carbonyl (C=O) groups is 1. The van der Waals surface area contributed by atoms with Gasteiger partial charge in [0.05, 0.1) is 0 Å². The van der Waals surface area contributed by atoms with E-state index in [1.165, 1.54) is 0 Å². The molecule has 0 fully saturated rings. The van der Waals surface area contributed by atoms with Crippen molar-refractivity contribution >= 4 is 5.78 Å². The summed E-state index contributed by atoms with van der Waals surface area (Å²) in [7, 11) is 0. The Labute approximate surface area is 96.3 Å². The molecule has 1 rings (SSSR count). The molecular weight excluding hydrogens is 200 g/mol. The number of unbranched alkanes of at least 4 members (excludes halogenated alkanes) is 1. The van der Waals surface area contributed by atoms with Gasteiger partial charge in [-0.3, -0.25) is 4.79 Å². The molecule has 0 spiro atoms. The van der Waals surface area contributed by atoms with Crippen molar-refractivity contribution < 1.29 is 9.90 Å². The summed E-state index contributed by atoms with van der Waals surface area (Å²) in [5, 5.41) is 8.54. The number of benzene rings is 1. The van der Waals surface area contributed by atoms with Crippen molar-refractivity contribution in [1.82, 2.24) is 0 Å². The van der Waals surface area contributed by atoms with Gasteiger partial charge < -0.3 is 5.11 Å². The average Bonchev–Trinajstić information content (AvgIpc) is 2.34. The smallest absolute Gasteiger partial charge is 0.163 e. The Bertz CT molecular complexity index is 371. The molecule has 2 nitrogen and oxygen atoms in total. The molecule has 0 heterocycles. The van der Waals surface area contributed by atoms with Gasteiger partial charge >= 0.3 is 0 Å². The first-order chi connectivity index (χ1) is 7.84. The van der Waals surface area contributed by atoms with Crippen molar-refractivity contribution in [2.24, 2.45) is 0 Å². The monoisotopic (exact) mass is 216 g/mol. The molecule has 16 heavy (non-hydrogen) atoms. The highest BCUT2D eigenvalue weighted by Crippen LogP contribution is 2.04. The van der Waals surface area contributed by atoms with Crippen molar-refractivity contribution in [3.63, 3.8) is 0 Å². The van der Waals surface area contributed by atoms with Crippen LogP contribution in [0.1, 0.15) is 36.0 Å². The Morgan fingerprint density at radius 3 is 2.50 bits per heavy atom. The highest BCUT2D eigenvalue weighted by molar-refractivity contribution is 5.96. The van der Waals surface area contributed by atoms with E-state index in [2.05, 4.69) is 11.8 Å². The Balaban J connectivity index is 2.28. The molecule has 0 aliphatic carbocycles. The Morgan fingerprint density at radius 1 is 1.12 bits per heavy atom. The second kappa shape index (κ2) is 7.67. The van der Waals surface area contributed by atoms with Crippen molar-refractivity contribution in [3.05, 3.63) is 35.9 Å². The van der Waals surface area contributed by atoms with E-state index in [0.29, 0.717) is 25.7 Å². The third kappa shape index (κ3) is 4.77. The van der Waals surface area contributed by atoms with E-state index in [0.717, 1.165) is 5.56 Å². The van der Waals surface area contributed by atoms with E-state index in [9.17, 15) is 4.79 Å². The van der Waals surface area contributed by atoms with E-state index < -0.39 is 0 Å². The lowest BCUT2D eigenvalue weighted by molar-refractivity contribution is 0.0984. The molecule has 0 amide bonds. The summed E-state index contributed by atoms with van der Waals surface area (Å²) in [5.41, 5.74) is 0.750. The summed E-state index contributed by atoms with van der Waals surface area (Å²) in [6.07, 6.45) is 2.48. The van der Waals surface area contributed by atoms with Crippen molar-refractivity contribution in [1.29, 1.82) is 0 Å². The number of aliphatic hydroxyl groups is 1. The average molecular weight is 216 g/mol. The van der Waals surface area contributed by atoms with Crippen LogP contribution in [-0.4, -0.2) is 17.5 Å². The van der Waals surface area contributed by atoms with Crippen LogP contribution >= 0.6 is 0 Å². The summed E-state index contributed by atoms with van der Waals surface area (Å²) in [6.45, 7) is 0.178. The fourth-order valence-corrected chi connectivity index (χ4v) is 1.29. The highest BCUT2D eigenvalue weighted by atomic mass is 16.2. The van der Waals surface area contributed by atoms with E-state index in [1.54, 1.807) is 0 Å². The first-order valence-corrected chi connectivity index (χ1v) is 5.49. The number of hydrogen-bond acceptors (Lipinski definition) is 2. The molecule has 1 N–H and O–H groups in total. The van der Waals surface area contributed by atoms with E-state index >= 15 is 0 Å². The van der Waals surface area contributed by atoms with Gasteiger partial charge in [0, 0.05) is 31.4 Å². The summed E-state index contributed by atoms with van der Waals surface area (Å²) in [6, 6.07) is 9.26. The third-order valence-electron chi connectivity index (χ3n) is 2.16. The van der Waals surface area contributed by atoms with Crippen LogP contribution in [0.2, 0.25) is 0 Å². The molecule has 0 atom stereocenters. The fourth-order valence-electron chi connectivity index (χ4n) is 1.29. The number of Topliss-reactive ketones (excluding diaryl/α,β-unsaturated/α-hetero) is 1. The minimum atomic E-state index is 0.136. The summed E-state index contributed by atoms with van der Waals surface area (Å²) in [5.74, 6) is 6.01. The molecule has 0 radical (unpaired) electrons. The normalized spacial score (nSPS) is 9.31. The second-order valence-corrected chi connectivity index (χ2v) is 3.47. The molecule has 1 aromatic rings. The largest absolute Gasteiger partial charge is 0.396 e. The lowest BCUT2D eigenvalue weighted by Crippen LogP contribution is -1.97.